The highest BCUT2D eigenvalue weighted by molar-refractivity contribution is 5.39. The van der Waals surface area contributed by atoms with Gasteiger partial charge in [-0.2, -0.15) is 5.10 Å². The van der Waals surface area contributed by atoms with E-state index in [4.69, 9.17) is 5.73 Å². The average molecular weight is 253 g/mol. The maximum atomic E-state index is 6.21. The van der Waals surface area contributed by atoms with Gasteiger partial charge in [0.15, 0.2) is 0 Å². The Morgan fingerprint density at radius 1 is 1.26 bits per heavy atom. The van der Waals surface area contributed by atoms with Crippen LogP contribution in [0.1, 0.15) is 42.9 Å². The third kappa shape index (κ3) is 2.19. The van der Waals surface area contributed by atoms with Crippen LogP contribution >= 0.6 is 0 Å². The lowest BCUT2D eigenvalue weighted by molar-refractivity contribution is 0.671. The summed E-state index contributed by atoms with van der Waals surface area (Å²) >= 11 is 0. The summed E-state index contributed by atoms with van der Waals surface area (Å²) < 4.78 is 2.09. The minimum atomic E-state index is 0.0715. The topological polar surface area (TPSA) is 43.8 Å². The molecule has 2 aliphatic carbocycles. The molecule has 0 saturated heterocycles. The van der Waals surface area contributed by atoms with Crippen molar-refractivity contribution in [2.24, 2.45) is 5.73 Å². The van der Waals surface area contributed by atoms with Crippen molar-refractivity contribution in [3.05, 3.63) is 47.8 Å². The molecule has 1 aromatic heterocycles. The second kappa shape index (κ2) is 3.94. The summed E-state index contributed by atoms with van der Waals surface area (Å²) in [4.78, 5) is 0. The van der Waals surface area contributed by atoms with Gasteiger partial charge in [0.05, 0.1) is 5.69 Å². The van der Waals surface area contributed by atoms with E-state index in [0.717, 1.165) is 25.2 Å². The Kier molecular flexibility index (Phi) is 2.33. The summed E-state index contributed by atoms with van der Waals surface area (Å²) in [5, 5.41) is 4.49. The molecule has 2 aliphatic rings. The summed E-state index contributed by atoms with van der Waals surface area (Å²) in [5.41, 5.74) is 10.1. The largest absolute Gasteiger partial charge is 0.325 e. The van der Waals surface area contributed by atoms with Crippen molar-refractivity contribution >= 4 is 0 Å². The molecule has 2 fully saturated rings. The van der Waals surface area contributed by atoms with Crippen LogP contribution in [0.25, 0.3) is 5.69 Å². The van der Waals surface area contributed by atoms with Gasteiger partial charge in [0, 0.05) is 23.3 Å². The van der Waals surface area contributed by atoms with Crippen molar-refractivity contribution in [1.29, 1.82) is 0 Å². The third-order valence-corrected chi connectivity index (χ3v) is 4.27. The molecule has 3 heteroatoms. The van der Waals surface area contributed by atoms with Gasteiger partial charge in [-0.15, -0.1) is 0 Å². The van der Waals surface area contributed by atoms with Crippen LogP contribution in [0.5, 0.6) is 0 Å². The van der Waals surface area contributed by atoms with E-state index in [0.29, 0.717) is 0 Å². The van der Waals surface area contributed by atoms with Gasteiger partial charge in [0.1, 0.15) is 0 Å². The van der Waals surface area contributed by atoms with E-state index in [-0.39, 0.29) is 5.54 Å². The predicted octanol–water partition coefficient (Wildman–Crippen LogP) is 2.78. The molecule has 0 radical (unpaired) electrons. The quantitative estimate of drug-likeness (QED) is 0.910. The van der Waals surface area contributed by atoms with Crippen molar-refractivity contribution in [3.63, 3.8) is 0 Å². The first-order chi connectivity index (χ1) is 9.23. The molecule has 2 N–H and O–H groups in total. The first-order valence-corrected chi connectivity index (χ1v) is 7.16. The maximum absolute atomic E-state index is 6.21. The lowest BCUT2D eigenvalue weighted by Gasteiger charge is -2.11. The smallest absolute Gasteiger partial charge is 0.0651 e. The van der Waals surface area contributed by atoms with E-state index < -0.39 is 0 Å². The molecule has 0 bridgehead atoms. The summed E-state index contributed by atoms with van der Waals surface area (Å²) in [5.74, 6) is 0.718. The Hall–Kier alpha value is -1.61. The van der Waals surface area contributed by atoms with Crippen molar-refractivity contribution in [2.45, 2.75) is 43.6 Å². The molecular formula is C16H19N3. The average Bonchev–Trinajstić information content (AvgIpc) is 3.32. The summed E-state index contributed by atoms with van der Waals surface area (Å²) in [6, 6.07) is 10.8. The van der Waals surface area contributed by atoms with Gasteiger partial charge in [0.25, 0.3) is 0 Å². The van der Waals surface area contributed by atoms with Gasteiger partial charge in [0.2, 0.25) is 0 Å². The van der Waals surface area contributed by atoms with Gasteiger partial charge in [-0.25, -0.2) is 4.68 Å². The van der Waals surface area contributed by atoms with Crippen molar-refractivity contribution in [1.82, 2.24) is 9.78 Å². The van der Waals surface area contributed by atoms with Crippen LogP contribution in [0, 0.1) is 0 Å². The minimum Gasteiger partial charge on any atom is -0.325 e. The highest BCUT2D eigenvalue weighted by atomic mass is 15.3. The molecule has 0 amide bonds. The van der Waals surface area contributed by atoms with Gasteiger partial charge in [-0.05, 0) is 55.9 Å². The molecule has 2 saturated carbocycles. The van der Waals surface area contributed by atoms with Crippen LogP contribution in [0.2, 0.25) is 0 Å². The minimum absolute atomic E-state index is 0.0715. The van der Waals surface area contributed by atoms with Crippen LogP contribution in [0.15, 0.2) is 36.5 Å². The Balaban J connectivity index is 1.66. The van der Waals surface area contributed by atoms with E-state index in [1.165, 1.54) is 29.8 Å². The predicted molar refractivity (Wildman–Crippen MR) is 75.4 cm³/mol. The monoisotopic (exact) mass is 253 g/mol. The number of benzene rings is 1. The normalized spacial score (nSPS) is 20.5. The molecule has 1 aromatic carbocycles. The molecule has 3 nitrogen and oxygen atoms in total. The van der Waals surface area contributed by atoms with Crippen LogP contribution in [0.3, 0.4) is 0 Å². The van der Waals surface area contributed by atoms with Gasteiger partial charge >= 0.3 is 0 Å². The Morgan fingerprint density at radius 2 is 2.11 bits per heavy atom. The Bertz CT molecular complexity index is 606. The summed E-state index contributed by atoms with van der Waals surface area (Å²) in [6.45, 7) is 0. The van der Waals surface area contributed by atoms with Crippen LogP contribution in [-0.4, -0.2) is 15.3 Å². The van der Waals surface area contributed by atoms with Crippen molar-refractivity contribution < 1.29 is 0 Å². The molecule has 4 rings (SSSR count). The molecule has 0 aliphatic heterocycles. The number of aromatic nitrogens is 2. The maximum Gasteiger partial charge on any atom is 0.0651 e. The Morgan fingerprint density at radius 3 is 2.84 bits per heavy atom. The zero-order chi connectivity index (χ0) is 12.9. The number of nitrogens with two attached hydrogens (primary N) is 1. The fraction of sp³-hybridized carbons (Fsp3) is 0.438. The van der Waals surface area contributed by atoms with E-state index in [2.05, 4.69) is 40.1 Å². The number of hydrogen-bond acceptors (Lipinski definition) is 2. The van der Waals surface area contributed by atoms with Gasteiger partial charge in [-0.3, -0.25) is 0 Å². The van der Waals surface area contributed by atoms with Crippen molar-refractivity contribution in [3.8, 4) is 5.69 Å². The zero-order valence-corrected chi connectivity index (χ0v) is 11.0. The van der Waals surface area contributed by atoms with E-state index in [9.17, 15) is 0 Å². The summed E-state index contributed by atoms with van der Waals surface area (Å²) in [6.07, 6.45) is 7.82. The summed E-state index contributed by atoms with van der Waals surface area (Å²) in [7, 11) is 0. The second-order valence-corrected chi connectivity index (χ2v) is 6.15. The molecule has 1 heterocycles. The van der Waals surface area contributed by atoms with Crippen LogP contribution in [0.4, 0.5) is 0 Å². The number of hydrogen-bond donors (Lipinski definition) is 1. The highest BCUT2D eigenvalue weighted by Crippen LogP contribution is 2.40. The Labute approximate surface area is 113 Å². The standard InChI is InChI=1S/C16H19N3/c17-16(7-8-16)11-12-2-1-3-14(10-12)19-15(6-9-18-19)13-4-5-13/h1-3,6,9-10,13H,4-5,7-8,11,17H2. The molecule has 0 unspecified atom stereocenters. The molecule has 0 atom stereocenters. The third-order valence-electron chi connectivity index (χ3n) is 4.27. The van der Waals surface area contributed by atoms with Crippen LogP contribution in [-0.2, 0) is 6.42 Å². The number of nitrogens with zero attached hydrogens (tertiary/aromatic N) is 2. The zero-order valence-electron chi connectivity index (χ0n) is 11.0. The van der Waals surface area contributed by atoms with E-state index in [1.54, 1.807) is 0 Å². The molecular weight excluding hydrogens is 234 g/mol. The van der Waals surface area contributed by atoms with Gasteiger partial charge < -0.3 is 5.73 Å². The lowest BCUT2D eigenvalue weighted by Crippen LogP contribution is -2.24. The fourth-order valence-electron chi connectivity index (χ4n) is 2.76. The molecule has 98 valence electrons. The molecule has 19 heavy (non-hydrogen) atoms. The van der Waals surface area contributed by atoms with Gasteiger partial charge in [-0.1, -0.05) is 12.1 Å². The molecule has 0 spiro atoms. The van der Waals surface area contributed by atoms with E-state index in [1.807, 2.05) is 6.20 Å². The first-order valence-electron chi connectivity index (χ1n) is 7.16. The van der Waals surface area contributed by atoms with Crippen LogP contribution < -0.4 is 5.73 Å². The van der Waals surface area contributed by atoms with E-state index >= 15 is 0 Å². The lowest BCUT2D eigenvalue weighted by atomic mass is 10.0. The SMILES string of the molecule is NC1(Cc2cccc(-n3nccc3C3CC3)c2)CC1. The molecule has 2 aromatic rings. The fourth-order valence-corrected chi connectivity index (χ4v) is 2.76. The highest BCUT2D eigenvalue weighted by Gasteiger charge is 2.38. The second-order valence-electron chi connectivity index (χ2n) is 6.15. The van der Waals surface area contributed by atoms with Crippen molar-refractivity contribution in [2.75, 3.05) is 0 Å². The first kappa shape index (κ1) is 11.2. The number of rotatable bonds is 4.